The molecule has 1 aromatic heterocycles. The molecule has 8 heteroatoms. The van der Waals surface area contributed by atoms with Crippen LogP contribution in [0.2, 0.25) is 0 Å². The van der Waals surface area contributed by atoms with E-state index < -0.39 is 11.8 Å². The molecule has 0 spiro atoms. The van der Waals surface area contributed by atoms with Gasteiger partial charge in [-0.2, -0.15) is 0 Å². The summed E-state index contributed by atoms with van der Waals surface area (Å²) in [6.45, 7) is 6.08. The minimum absolute atomic E-state index is 0.136. The average molecular weight is 422 g/mol. The van der Waals surface area contributed by atoms with Crippen LogP contribution in [0.3, 0.4) is 0 Å². The molecule has 1 aliphatic rings. The van der Waals surface area contributed by atoms with Crippen molar-refractivity contribution >= 4 is 22.8 Å². The van der Waals surface area contributed by atoms with E-state index in [1.807, 2.05) is 19.9 Å². The van der Waals surface area contributed by atoms with Crippen molar-refractivity contribution in [1.82, 2.24) is 20.4 Å². The number of hydrogen-bond donors (Lipinski definition) is 2. The summed E-state index contributed by atoms with van der Waals surface area (Å²) in [4.78, 5) is 29.3. The second-order valence-corrected chi connectivity index (χ2v) is 7.49. The Balaban J connectivity index is 1.32. The molecule has 31 heavy (non-hydrogen) atoms. The Morgan fingerprint density at radius 3 is 2.52 bits per heavy atom. The number of ether oxygens (including phenoxy) is 2. The molecule has 1 unspecified atom stereocenters. The summed E-state index contributed by atoms with van der Waals surface area (Å²) in [5.74, 6) is 0.749. The van der Waals surface area contributed by atoms with Gasteiger partial charge in [-0.3, -0.25) is 20.4 Å². The highest BCUT2D eigenvalue weighted by Gasteiger charge is 2.16. The molecule has 1 fully saturated rings. The van der Waals surface area contributed by atoms with Crippen LogP contribution >= 0.6 is 0 Å². The average Bonchev–Trinajstić information content (AvgIpc) is 3.42. The number of aryl methyl sites for hydroxylation is 2. The number of aromatic nitrogens is 2. The second-order valence-electron chi connectivity index (χ2n) is 7.49. The molecule has 0 radical (unpaired) electrons. The summed E-state index contributed by atoms with van der Waals surface area (Å²) in [6, 6.07) is 12.1. The van der Waals surface area contributed by atoms with Crippen molar-refractivity contribution in [2.45, 2.75) is 39.3 Å². The molecule has 1 saturated heterocycles. The third kappa shape index (κ3) is 4.69. The Bertz CT molecular complexity index is 1080. The molecule has 2 amide bonds. The second kappa shape index (κ2) is 9.18. The zero-order valence-corrected chi connectivity index (χ0v) is 17.7. The van der Waals surface area contributed by atoms with Gasteiger partial charge in [0.2, 0.25) is 0 Å². The van der Waals surface area contributed by atoms with Gasteiger partial charge in [0.1, 0.15) is 18.2 Å². The first kappa shape index (κ1) is 20.9. The van der Waals surface area contributed by atoms with Crippen LogP contribution in [0, 0.1) is 6.92 Å². The van der Waals surface area contributed by atoms with Gasteiger partial charge in [-0.05, 0) is 69.2 Å². The summed E-state index contributed by atoms with van der Waals surface area (Å²) in [5.41, 5.74) is 7.46. The van der Waals surface area contributed by atoms with Crippen LogP contribution in [0.5, 0.6) is 5.75 Å². The maximum absolute atomic E-state index is 12.5. The molecule has 2 heterocycles. The van der Waals surface area contributed by atoms with Crippen LogP contribution in [0.25, 0.3) is 11.0 Å². The molecular weight excluding hydrogens is 396 g/mol. The molecule has 8 nitrogen and oxygen atoms in total. The quantitative estimate of drug-likeness (QED) is 0.596. The molecule has 1 atom stereocenters. The topological polar surface area (TPSA) is 94.5 Å². The Hall–Kier alpha value is -3.39. The normalized spacial score (nSPS) is 15.7. The largest absolute Gasteiger partial charge is 0.491 e. The van der Waals surface area contributed by atoms with Gasteiger partial charge in [-0.25, -0.2) is 4.98 Å². The number of hydrazine groups is 1. The molecule has 0 aliphatic carbocycles. The monoisotopic (exact) mass is 422 g/mol. The van der Waals surface area contributed by atoms with Crippen molar-refractivity contribution in [3.8, 4) is 5.75 Å². The highest BCUT2D eigenvalue weighted by molar-refractivity contribution is 6.00. The number of amides is 2. The van der Waals surface area contributed by atoms with E-state index in [0.717, 1.165) is 42.9 Å². The molecule has 0 saturated carbocycles. The van der Waals surface area contributed by atoms with E-state index in [0.29, 0.717) is 23.5 Å². The van der Waals surface area contributed by atoms with Gasteiger partial charge < -0.3 is 14.0 Å². The van der Waals surface area contributed by atoms with Gasteiger partial charge in [-0.15, -0.1) is 0 Å². The molecule has 1 aliphatic heterocycles. The van der Waals surface area contributed by atoms with E-state index in [2.05, 4.69) is 20.4 Å². The van der Waals surface area contributed by atoms with Gasteiger partial charge in [0, 0.05) is 24.3 Å². The SMILES string of the molecule is CCn1c(C)nc2cc(C(=O)NNC(=O)c3ccc(OCC4CCCO4)cc3)ccc21. The van der Waals surface area contributed by atoms with Gasteiger partial charge in [0.05, 0.1) is 17.1 Å². The summed E-state index contributed by atoms with van der Waals surface area (Å²) in [5, 5.41) is 0. The van der Waals surface area contributed by atoms with Crippen LogP contribution in [-0.2, 0) is 11.3 Å². The highest BCUT2D eigenvalue weighted by atomic mass is 16.5. The fourth-order valence-electron chi connectivity index (χ4n) is 3.72. The summed E-state index contributed by atoms with van der Waals surface area (Å²) >= 11 is 0. The number of hydrogen-bond acceptors (Lipinski definition) is 5. The van der Waals surface area contributed by atoms with Crippen LogP contribution in [0.1, 0.15) is 46.3 Å². The number of imidazole rings is 1. The molecule has 0 bridgehead atoms. The van der Waals surface area contributed by atoms with E-state index in [9.17, 15) is 9.59 Å². The first-order chi connectivity index (χ1) is 15.0. The van der Waals surface area contributed by atoms with Crippen molar-refractivity contribution in [2.24, 2.45) is 0 Å². The van der Waals surface area contributed by atoms with Crippen molar-refractivity contribution < 1.29 is 19.1 Å². The van der Waals surface area contributed by atoms with Crippen molar-refractivity contribution in [1.29, 1.82) is 0 Å². The van der Waals surface area contributed by atoms with Gasteiger partial charge in [0.15, 0.2) is 0 Å². The predicted octanol–water partition coefficient (Wildman–Crippen LogP) is 3.00. The van der Waals surface area contributed by atoms with E-state index in [-0.39, 0.29) is 6.10 Å². The van der Waals surface area contributed by atoms with Crippen LogP contribution in [-0.4, -0.2) is 40.7 Å². The van der Waals surface area contributed by atoms with Crippen molar-refractivity contribution in [2.75, 3.05) is 13.2 Å². The zero-order chi connectivity index (χ0) is 21.8. The number of nitrogens with one attached hydrogen (secondary N) is 2. The molecule has 2 N–H and O–H groups in total. The molecule has 2 aromatic carbocycles. The number of benzene rings is 2. The minimum atomic E-state index is -0.411. The standard InChI is InChI=1S/C23H26N4O4/c1-3-27-15(2)24-20-13-17(8-11-21(20)27)23(29)26-25-22(28)16-6-9-18(10-7-16)31-14-19-5-4-12-30-19/h6-11,13,19H,3-5,12,14H2,1-2H3,(H,25,28)(H,26,29). The predicted molar refractivity (Wildman–Crippen MR) is 116 cm³/mol. The molecular formula is C23H26N4O4. The van der Waals surface area contributed by atoms with Crippen molar-refractivity contribution in [3.05, 3.63) is 59.4 Å². The molecule has 162 valence electrons. The Morgan fingerprint density at radius 1 is 1.13 bits per heavy atom. The fraction of sp³-hybridized carbons (Fsp3) is 0.348. The summed E-state index contributed by atoms with van der Waals surface area (Å²) < 4.78 is 13.3. The van der Waals surface area contributed by atoms with E-state index in [1.165, 1.54) is 0 Å². The van der Waals surface area contributed by atoms with Gasteiger partial charge in [-0.1, -0.05) is 0 Å². The third-order valence-corrected chi connectivity index (χ3v) is 5.38. The van der Waals surface area contributed by atoms with Crippen LogP contribution < -0.4 is 15.6 Å². The highest BCUT2D eigenvalue weighted by Crippen LogP contribution is 2.18. The number of carbonyl (C=O) groups excluding carboxylic acids is 2. The Kier molecular flexibility index (Phi) is 6.18. The number of fused-ring (bicyclic) bond motifs is 1. The maximum Gasteiger partial charge on any atom is 0.269 e. The Morgan fingerprint density at radius 2 is 1.84 bits per heavy atom. The maximum atomic E-state index is 12.5. The zero-order valence-electron chi connectivity index (χ0n) is 17.7. The first-order valence-electron chi connectivity index (χ1n) is 10.5. The minimum Gasteiger partial charge on any atom is -0.491 e. The smallest absolute Gasteiger partial charge is 0.269 e. The number of carbonyl (C=O) groups is 2. The summed E-state index contributed by atoms with van der Waals surface area (Å²) in [7, 11) is 0. The summed E-state index contributed by atoms with van der Waals surface area (Å²) in [6.07, 6.45) is 2.21. The van der Waals surface area contributed by atoms with Crippen LogP contribution in [0.15, 0.2) is 42.5 Å². The number of rotatable bonds is 6. The molecule has 3 aromatic rings. The lowest BCUT2D eigenvalue weighted by Crippen LogP contribution is -2.41. The lowest BCUT2D eigenvalue weighted by molar-refractivity contribution is 0.0679. The fourth-order valence-corrected chi connectivity index (χ4v) is 3.72. The van der Waals surface area contributed by atoms with Crippen LogP contribution in [0.4, 0.5) is 0 Å². The Labute approximate surface area is 180 Å². The van der Waals surface area contributed by atoms with E-state index >= 15 is 0 Å². The van der Waals surface area contributed by atoms with E-state index in [4.69, 9.17) is 9.47 Å². The lowest BCUT2D eigenvalue weighted by atomic mass is 10.2. The third-order valence-electron chi connectivity index (χ3n) is 5.38. The van der Waals surface area contributed by atoms with Gasteiger partial charge >= 0.3 is 0 Å². The van der Waals surface area contributed by atoms with Gasteiger partial charge in [0.25, 0.3) is 11.8 Å². The lowest BCUT2D eigenvalue weighted by Gasteiger charge is -2.12. The molecule has 4 rings (SSSR count). The van der Waals surface area contributed by atoms with Crippen molar-refractivity contribution in [3.63, 3.8) is 0 Å². The number of nitrogens with zero attached hydrogens (tertiary/aromatic N) is 2. The first-order valence-corrected chi connectivity index (χ1v) is 10.5. The van der Waals surface area contributed by atoms with E-state index in [1.54, 1.807) is 36.4 Å².